The maximum atomic E-state index is 11.8. The molecule has 1 amide bonds. The number of rotatable bonds is 3. The number of thiophene rings is 1. The summed E-state index contributed by atoms with van der Waals surface area (Å²) in [7, 11) is 0. The SMILES string of the molecule is CC/C=N\NC(=O)c1sc2ccccc2c1Cl. The molecule has 0 unspecified atom stereocenters. The molecule has 0 bridgehead atoms. The summed E-state index contributed by atoms with van der Waals surface area (Å²) in [6, 6.07) is 7.67. The molecule has 0 fully saturated rings. The minimum Gasteiger partial charge on any atom is -0.266 e. The highest BCUT2D eigenvalue weighted by Gasteiger charge is 2.15. The van der Waals surface area contributed by atoms with Crippen molar-refractivity contribution in [1.82, 2.24) is 5.43 Å². The van der Waals surface area contributed by atoms with Gasteiger partial charge < -0.3 is 0 Å². The van der Waals surface area contributed by atoms with Gasteiger partial charge in [0.2, 0.25) is 0 Å². The monoisotopic (exact) mass is 266 g/mol. The van der Waals surface area contributed by atoms with Gasteiger partial charge in [-0.25, -0.2) is 5.43 Å². The maximum Gasteiger partial charge on any atom is 0.282 e. The van der Waals surface area contributed by atoms with Crippen LogP contribution in [-0.2, 0) is 0 Å². The van der Waals surface area contributed by atoms with Gasteiger partial charge in [0.05, 0.1) is 5.02 Å². The first kappa shape index (κ1) is 12.1. The number of halogens is 1. The second kappa shape index (κ2) is 5.29. The Hall–Kier alpha value is -1.39. The molecule has 0 aliphatic heterocycles. The smallest absolute Gasteiger partial charge is 0.266 e. The minimum absolute atomic E-state index is 0.263. The van der Waals surface area contributed by atoms with Gasteiger partial charge in [-0.15, -0.1) is 11.3 Å². The van der Waals surface area contributed by atoms with Gasteiger partial charge in [-0.05, 0) is 12.5 Å². The van der Waals surface area contributed by atoms with Crippen LogP contribution in [0.15, 0.2) is 29.4 Å². The van der Waals surface area contributed by atoms with Crippen molar-refractivity contribution in [2.75, 3.05) is 0 Å². The van der Waals surface area contributed by atoms with E-state index in [0.717, 1.165) is 16.5 Å². The third-order valence-electron chi connectivity index (χ3n) is 2.18. The molecule has 3 nitrogen and oxygen atoms in total. The topological polar surface area (TPSA) is 41.5 Å². The van der Waals surface area contributed by atoms with Crippen LogP contribution in [0.25, 0.3) is 10.1 Å². The zero-order valence-corrected chi connectivity index (χ0v) is 10.8. The molecule has 0 aliphatic carbocycles. The summed E-state index contributed by atoms with van der Waals surface area (Å²) in [5, 5.41) is 5.20. The lowest BCUT2D eigenvalue weighted by Gasteiger charge is -1.96. The zero-order valence-electron chi connectivity index (χ0n) is 9.24. The molecule has 1 aromatic heterocycles. The first-order valence-corrected chi connectivity index (χ1v) is 6.42. The van der Waals surface area contributed by atoms with Crippen molar-refractivity contribution in [2.24, 2.45) is 5.10 Å². The summed E-state index contributed by atoms with van der Waals surface area (Å²) >= 11 is 7.53. The number of hydrogen-bond acceptors (Lipinski definition) is 3. The molecule has 5 heteroatoms. The average Bonchev–Trinajstić information content (AvgIpc) is 2.68. The fourth-order valence-corrected chi connectivity index (χ4v) is 2.81. The van der Waals surface area contributed by atoms with Crippen LogP contribution >= 0.6 is 22.9 Å². The molecular weight excluding hydrogens is 256 g/mol. The van der Waals surface area contributed by atoms with Gasteiger partial charge in [-0.3, -0.25) is 4.79 Å². The van der Waals surface area contributed by atoms with Gasteiger partial charge in [0.25, 0.3) is 5.91 Å². The Morgan fingerprint density at radius 3 is 3.00 bits per heavy atom. The molecule has 0 saturated heterocycles. The van der Waals surface area contributed by atoms with Gasteiger partial charge in [-0.2, -0.15) is 5.10 Å². The van der Waals surface area contributed by atoms with Gasteiger partial charge in [0.15, 0.2) is 0 Å². The number of carbonyl (C=O) groups excluding carboxylic acids is 1. The van der Waals surface area contributed by atoms with Gasteiger partial charge in [0, 0.05) is 16.3 Å². The fourth-order valence-electron chi connectivity index (χ4n) is 1.41. The lowest BCUT2D eigenvalue weighted by Crippen LogP contribution is -2.16. The van der Waals surface area contributed by atoms with E-state index >= 15 is 0 Å². The van der Waals surface area contributed by atoms with E-state index in [0.29, 0.717) is 9.90 Å². The number of carbonyl (C=O) groups is 1. The van der Waals surface area contributed by atoms with Crippen molar-refractivity contribution in [3.8, 4) is 0 Å². The normalized spacial score (nSPS) is 11.2. The fraction of sp³-hybridized carbons (Fsp3) is 0.167. The molecule has 2 rings (SSSR count). The summed E-state index contributed by atoms with van der Waals surface area (Å²) in [6.45, 7) is 1.95. The highest BCUT2D eigenvalue weighted by Crippen LogP contribution is 2.34. The minimum atomic E-state index is -0.263. The number of hydrazone groups is 1. The number of hydrogen-bond donors (Lipinski definition) is 1. The molecule has 88 valence electrons. The highest BCUT2D eigenvalue weighted by atomic mass is 35.5. The molecule has 0 radical (unpaired) electrons. The molecule has 1 heterocycles. The molecule has 2 aromatic rings. The molecule has 1 N–H and O–H groups in total. The van der Waals surface area contributed by atoms with Crippen LogP contribution in [0.3, 0.4) is 0 Å². The molecule has 0 saturated carbocycles. The molecule has 0 aliphatic rings. The Labute approximate surface area is 108 Å². The van der Waals surface area contributed by atoms with Crippen LogP contribution in [0, 0.1) is 0 Å². The number of benzene rings is 1. The number of nitrogens with zero attached hydrogens (tertiary/aromatic N) is 1. The second-order valence-electron chi connectivity index (χ2n) is 3.40. The summed E-state index contributed by atoms with van der Waals surface area (Å²) in [5.41, 5.74) is 2.46. The van der Waals surface area contributed by atoms with Crippen LogP contribution in [0.4, 0.5) is 0 Å². The van der Waals surface area contributed by atoms with E-state index in [-0.39, 0.29) is 5.91 Å². The molecule has 1 aromatic carbocycles. The van der Waals surface area contributed by atoms with Crippen LogP contribution in [0.2, 0.25) is 5.02 Å². The van der Waals surface area contributed by atoms with Crippen molar-refractivity contribution < 1.29 is 4.79 Å². The first-order valence-electron chi connectivity index (χ1n) is 5.23. The average molecular weight is 267 g/mol. The third-order valence-corrected chi connectivity index (χ3v) is 3.86. The van der Waals surface area contributed by atoms with Gasteiger partial charge in [-0.1, -0.05) is 36.7 Å². The second-order valence-corrected chi connectivity index (χ2v) is 4.83. The number of amides is 1. The number of nitrogens with one attached hydrogen (secondary N) is 1. The maximum absolute atomic E-state index is 11.8. The highest BCUT2D eigenvalue weighted by molar-refractivity contribution is 7.21. The van der Waals surface area contributed by atoms with Crippen molar-refractivity contribution in [2.45, 2.75) is 13.3 Å². The standard InChI is InChI=1S/C12H11ClN2OS/c1-2-7-14-15-12(16)11-10(13)8-5-3-4-6-9(8)17-11/h3-7H,2H2,1H3,(H,15,16)/b14-7-. The van der Waals surface area contributed by atoms with E-state index in [4.69, 9.17) is 11.6 Å². The largest absolute Gasteiger partial charge is 0.282 e. The Kier molecular flexibility index (Phi) is 3.76. The zero-order chi connectivity index (χ0) is 12.3. The third kappa shape index (κ3) is 2.48. The van der Waals surface area contributed by atoms with Crippen LogP contribution in [0.1, 0.15) is 23.0 Å². The van der Waals surface area contributed by atoms with Crippen LogP contribution in [0.5, 0.6) is 0 Å². The van der Waals surface area contributed by atoms with E-state index in [1.54, 1.807) is 6.21 Å². The summed E-state index contributed by atoms with van der Waals surface area (Å²) in [6.07, 6.45) is 2.42. The summed E-state index contributed by atoms with van der Waals surface area (Å²) < 4.78 is 1.00. The predicted molar refractivity (Wildman–Crippen MR) is 73.1 cm³/mol. The van der Waals surface area contributed by atoms with Crippen molar-refractivity contribution in [1.29, 1.82) is 0 Å². The lowest BCUT2D eigenvalue weighted by molar-refractivity contribution is 0.0959. The van der Waals surface area contributed by atoms with Crippen LogP contribution in [-0.4, -0.2) is 12.1 Å². The Bertz CT molecular complexity index is 577. The number of fused-ring (bicyclic) bond motifs is 1. The Morgan fingerprint density at radius 2 is 2.29 bits per heavy atom. The van der Waals surface area contributed by atoms with Crippen molar-refractivity contribution >= 4 is 45.1 Å². The Morgan fingerprint density at radius 1 is 1.53 bits per heavy atom. The van der Waals surface area contributed by atoms with E-state index < -0.39 is 0 Å². The van der Waals surface area contributed by atoms with E-state index in [2.05, 4.69) is 10.5 Å². The quantitative estimate of drug-likeness (QED) is 0.668. The Balaban J connectivity index is 2.32. The molecule has 0 atom stereocenters. The lowest BCUT2D eigenvalue weighted by atomic mass is 10.2. The van der Waals surface area contributed by atoms with Crippen LogP contribution < -0.4 is 5.43 Å². The molecular formula is C12H11ClN2OS. The van der Waals surface area contributed by atoms with E-state index in [1.807, 2.05) is 31.2 Å². The van der Waals surface area contributed by atoms with Crippen molar-refractivity contribution in [3.05, 3.63) is 34.2 Å². The van der Waals surface area contributed by atoms with E-state index in [9.17, 15) is 4.79 Å². The molecule has 0 spiro atoms. The first-order chi connectivity index (χ1) is 8.24. The summed E-state index contributed by atoms with van der Waals surface area (Å²) in [4.78, 5) is 12.3. The van der Waals surface area contributed by atoms with Gasteiger partial charge in [0.1, 0.15) is 4.88 Å². The van der Waals surface area contributed by atoms with Crippen molar-refractivity contribution in [3.63, 3.8) is 0 Å². The molecule has 17 heavy (non-hydrogen) atoms. The van der Waals surface area contributed by atoms with Gasteiger partial charge >= 0.3 is 0 Å². The van der Waals surface area contributed by atoms with E-state index in [1.165, 1.54) is 11.3 Å². The predicted octanol–water partition coefficient (Wildman–Crippen LogP) is 3.68. The summed E-state index contributed by atoms with van der Waals surface area (Å²) in [5.74, 6) is -0.263.